The smallest absolute Gasteiger partial charge is 0.309 e. The second-order valence-corrected chi connectivity index (χ2v) is 6.55. The molecule has 1 aromatic carbocycles. The van der Waals surface area contributed by atoms with Gasteiger partial charge in [-0.05, 0) is 12.1 Å². The van der Waals surface area contributed by atoms with E-state index >= 15 is 0 Å². The lowest BCUT2D eigenvalue weighted by atomic mass is 10.1. The summed E-state index contributed by atoms with van der Waals surface area (Å²) in [6.45, 7) is -0.220. The fourth-order valence-corrected chi connectivity index (χ4v) is 3.17. The summed E-state index contributed by atoms with van der Waals surface area (Å²) >= 11 is 0.253. The monoisotopic (exact) mass is 391 g/mol. The molecule has 26 heavy (non-hydrogen) atoms. The van der Waals surface area contributed by atoms with Crippen LogP contribution in [0.1, 0.15) is 11.3 Å². The van der Waals surface area contributed by atoms with Gasteiger partial charge in [-0.25, -0.2) is 13.8 Å². The van der Waals surface area contributed by atoms with Crippen molar-refractivity contribution in [3.8, 4) is 0 Å². The fourth-order valence-electron chi connectivity index (χ4n) is 2.48. The highest BCUT2D eigenvalue weighted by Crippen LogP contribution is 2.35. The first kappa shape index (κ1) is 18.2. The topological polar surface area (TPSA) is 62.3 Å². The lowest BCUT2D eigenvalue weighted by Crippen LogP contribution is -2.28. The van der Waals surface area contributed by atoms with Gasteiger partial charge in [0.15, 0.2) is 5.13 Å². The second-order valence-electron chi connectivity index (χ2n) is 5.52. The SMILES string of the molecule is O=C(Nc1ncc(C(F)(F)F)s1)C1CC(=O)N(c2cc(F)ccc2F)C1. The summed E-state index contributed by atoms with van der Waals surface area (Å²) in [7, 11) is 0. The van der Waals surface area contributed by atoms with E-state index in [1.165, 1.54) is 0 Å². The van der Waals surface area contributed by atoms with Crippen LogP contribution in [0.4, 0.5) is 32.8 Å². The number of alkyl halides is 3. The molecule has 0 spiro atoms. The van der Waals surface area contributed by atoms with Crippen molar-refractivity contribution in [3.63, 3.8) is 0 Å². The molecule has 2 amide bonds. The predicted octanol–water partition coefficient (Wildman–Crippen LogP) is 3.43. The number of nitrogens with one attached hydrogen (secondary N) is 1. The Morgan fingerprint density at radius 3 is 2.69 bits per heavy atom. The molecule has 11 heteroatoms. The maximum Gasteiger partial charge on any atom is 0.427 e. The molecular weight excluding hydrogens is 381 g/mol. The van der Waals surface area contributed by atoms with E-state index in [2.05, 4.69) is 10.3 Å². The van der Waals surface area contributed by atoms with E-state index in [1.54, 1.807) is 0 Å². The minimum absolute atomic E-state index is 0.220. The zero-order valence-corrected chi connectivity index (χ0v) is 13.6. The van der Waals surface area contributed by atoms with Crippen molar-refractivity contribution in [1.82, 2.24) is 4.98 Å². The van der Waals surface area contributed by atoms with Gasteiger partial charge < -0.3 is 10.2 Å². The van der Waals surface area contributed by atoms with E-state index in [1.807, 2.05) is 0 Å². The van der Waals surface area contributed by atoms with Crippen LogP contribution >= 0.6 is 11.3 Å². The molecule has 5 nitrogen and oxygen atoms in total. The number of rotatable bonds is 3. The van der Waals surface area contributed by atoms with E-state index in [9.17, 15) is 31.5 Å². The lowest BCUT2D eigenvalue weighted by molar-refractivity contribution is -0.134. The Labute approximate surface area is 147 Å². The van der Waals surface area contributed by atoms with Crippen molar-refractivity contribution in [1.29, 1.82) is 0 Å². The molecule has 2 aromatic rings. The van der Waals surface area contributed by atoms with Gasteiger partial charge in [-0.3, -0.25) is 9.59 Å². The zero-order valence-electron chi connectivity index (χ0n) is 12.8. The molecule has 138 valence electrons. The van der Waals surface area contributed by atoms with Crippen LogP contribution in [0.3, 0.4) is 0 Å². The predicted molar refractivity (Wildman–Crippen MR) is 82.6 cm³/mol. The van der Waals surface area contributed by atoms with Gasteiger partial charge in [0, 0.05) is 19.0 Å². The van der Waals surface area contributed by atoms with Crippen molar-refractivity contribution in [3.05, 3.63) is 40.9 Å². The Morgan fingerprint density at radius 1 is 1.31 bits per heavy atom. The summed E-state index contributed by atoms with van der Waals surface area (Å²) in [5, 5.41) is 1.96. The van der Waals surface area contributed by atoms with E-state index < -0.39 is 40.4 Å². The van der Waals surface area contributed by atoms with Gasteiger partial charge in [0.2, 0.25) is 11.8 Å². The third-order valence-electron chi connectivity index (χ3n) is 3.71. The molecule has 3 rings (SSSR count). The van der Waals surface area contributed by atoms with E-state index in [0.29, 0.717) is 6.20 Å². The molecule has 1 aliphatic rings. The molecule has 2 heterocycles. The fraction of sp³-hybridized carbons (Fsp3) is 0.267. The van der Waals surface area contributed by atoms with Crippen LogP contribution in [-0.2, 0) is 15.8 Å². The van der Waals surface area contributed by atoms with Crippen molar-refractivity contribution >= 4 is 34.0 Å². The van der Waals surface area contributed by atoms with Gasteiger partial charge in [0.1, 0.15) is 16.5 Å². The van der Waals surface area contributed by atoms with Crippen LogP contribution < -0.4 is 10.2 Å². The number of carbonyl (C=O) groups is 2. The van der Waals surface area contributed by atoms with Gasteiger partial charge in [0.05, 0.1) is 17.8 Å². The highest BCUT2D eigenvalue weighted by Gasteiger charge is 2.37. The van der Waals surface area contributed by atoms with Crippen LogP contribution in [-0.4, -0.2) is 23.3 Å². The number of anilines is 2. The Morgan fingerprint density at radius 2 is 2.04 bits per heavy atom. The molecule has 0 aliphatic carbocycles. The maximum absolute atomic E-state index is 13.8. The molecule has 0 radical (unpaired) electrons. The van der Waals surface area contributed by atoms with Crippen molar-refractivity contribution < 1.29 is 31.5 Å². The van der Waals surface area contributed by atoms with Crippen molar-refractivity contribution in [2.24, 2.45) is 5.92 Å². The number of nitrogens with zero attached hydrogens (tertiary/aromatic N) is 2. The highest BCUT2D eigenvalue weighted by molar-refractivity contribution is 7.15. The summed E-state index contributed by atoms with van der Waals surface area (Å²) < 4.78 is 64.7. The average Bonchev–Trinajstić information content (AvgIpc) is 3.16. The van der Waals surface area contributed by atoms with Gasteiger partial charge in [-0.1, -0.05) is 11.3 Å². The van der Waals surface area contributed by atoms with Crippen molar-refractivity contribution in [2.75, 3.05) is 16.8 Å². The van der Waals surface area contributed by atoms with E-state index in [4.69, 9.17) is 0 Å². The maximum atomic E-state index is 13.8. The molecular formula is C15H10F5N3O2S. The second kappa shape index (κ2) is 6.63. The van der Waals surface area contributed by atoms with Crippen LogP contribution in [0.15, 0.2) is 24.4 Å². The molecule has 1 fully saturated rings. The molecule has 0 bridgehead atoms. The van der Waals surface area contributed by atoms with Crippen molar-refractivity contribution in [2.45, 2.75) is 12.6 Å². The number of benzene rings is 1. The first-order valence-electron chi connectivity index (χ1n) is 7.24. The number of thiazole rings is 1. The highest BCUT2D eigenvalue weighted by atomic mass is 32.1. The number of carbonyl (C=O) groups excluding carboxylic acids is 2. The lowest BCUT2D eigenvalue weighted by Gasteiger charge is -2.17. The number of aromatic nitrogens is 1. The Bertz CT molecular complexity index is 867. The van der Waals surface area contributed by atoms with E-state index in [0.717, 1.165) is 23.1 Å². The molecule has 1 unspecified atom stereocenters. The van der Waals surface area contributed by atoms with Gasteiger partial charge in [0.25, 0.3) is 0 Å². The number of hydrogen-bond donors (Lipinski definition) is 1. The Hall–Kier alpha value is -2.56. The summed E-state index contributed by atoms with van der Waals surface area (Å²) in [6, 6.07) is 2.59. The summed E-state index contributed by atoms with van der Waals surface area (Å²) in [6.07, 6.45) is -4.26. The first-order valence-corrected chi connectivity index (χ1v) is 8.06. The van der Waals surface area contributed by atoms with Gasteiger partial charge >= 0.3 is 6.18 Å². The largest absolute Gasteiger partial charge is 0.427 e. The Balaban J connectivity index is 1.71. The average molecular weight is 391 g/mol. The number of halogens is 5. The normalized spacial score (nSPS) is 17.7. The zero-order chi connectivity index (χ0) is 19.1. The van der Waals surface area contributed by atoms with E-state index in [-0.39, 0.29) is 35.1 Å². The quantitative estimate of drug-likeness (QED) is 0.816. The molecule has 1 N–H and O–H groups in total. The van der Waals surface area contributed by atoms with Crippen LogP contribution in [0.2, 0.25) is 0 Å². The van der Waals surface area contributed by atoms with Crippen LogP contribution in [0.25, 0.3) is 0 Å². The standard InChI is InChI=1S/C15H10F5N3O2S/c16-8-1-2-9(17)10(4-8)23-6-7(3-12(23)24)13(25)22-14-21-5-11(26-14)15(18,19)20/h1-2,4-5,7H,3,6H2,(H,21,22,25). The molecule has 1 atom stereocenters. The number of amides is 2. The minimum atomic E-state index is -4.57. The molecule has 1 saturated heterocycles. The summed E-state index contributed by atoms with van der Waals surface area (Å²) in [4.78, 5) is 27.6. The van der Waals surface area contributed by atoms with Gasteiger partial charge in [-0.15, -0.1) is 0 Å². The molecule has 1 aromatic heterocycles. The number of hydrogen-bond acceptors (Lipinski definition) is 4. The van der Waals surface area contributed by atoms with Gasteiger partial charge in [-0.2, -0.15) is 13.2 Å². The molecule has 1 aliphatic heterocycles. The summed E-state index contributed by atoms with van der Waals surface area (Å²) in [5.74, 6) is -3.81. The first-order chi connectivity index (χ1) is 12.1. The molecule has 0 saturated carbocycles. The Kier molecular flexibility index (Phi) is 4.65. The third-order valence-corrected chi connectivity index (χ3v) is 4.67. The van der Waals surface area contributed by atoms with Crippen LogP contribution in [0.5, 0.6) is 0 Å². The minimum Gasteiger partial charge on any atom is -0.309 e. The summed E-state index contributed by atoms with van der Waals surface area (Å²) in [5.41, 5.74) is -0.293. The third kappa shape index (κ3) is 3.66. The van der Waals surface area contributed by atoms with Crippen LogP contribution in [0, 0.1) is 17.6 Å².